The predicted molar refractivity (Wildman–Crippen MR) is 72.6 cm³/mol. The highest BCUT2D eigenvalue weighted by molar-refractivity contribution is 6.03. The predicted octanol–water partition coefficient (Wildman–Crippen LogP) is 3.01. The van der Waals surface area contributed by atoms with Gasteiger partial charge in [0.15, 0.2) is 5.69 Å². The van der Waals surface area contributed by atoms with Gasteiger partial charge in [0.25, 0.3) is 0 Å². The van der Waals surface area contributed by atoms with Gasteiger partial charge < -0.3 is 9.47 Å². The van der Waals surface area contributed by atoms with Gasteiger partial charge in [-0.1, -0.05) is 25.7 Å². The summed E-state index contributed by atoms with van der Waals surface area (Å²) in [6, 6.07) is 3.53. The van der Waals surface area contributed by atoms with Gasteiger partial charge in [0.1, 0.15) is 11.4 Å². The van der Waals surface area contributed by atoms with Crippen LogP contribution in [0.25, 0.3) is 0 Å². The maximum absolute atomic E-state index is 12.8. The molecule has 4 nitrogen and oxygen atoms in total. The summed E-state index contributed by atoms with van der Waals surface area (Å²) >= 11 is 0. The first kappa shape index (κ1) is 14.0. The molecule has 0 aromatic carbocycles. The summed E-state index contributed by atoms with van der Waals surface area (Å²) in [7, 11) is 3.18. The largest absolute Gasteiger partial charge is 0.494 e. The van der Waals surface area contributed by atoms with Gasteiger partial charge >= 0.3 is 0 Å². The molecule has 0 atom stereocenters. The van der Waals surface area contributed by atoms with Gasteiger partial charge in [-0.25, -0.2) is 4.98 Å². The fourth-order valence-electron chi connectivity index (χ4n) is 2.77. The molecule has 1 aliphatic carbocycles. The average molecular weight is 263 g/mol. The minimum Gasteiger partial charge on any atom is -0.494 e. The minimum absolute atomic E-state index is 0.0469. The Morgan fingerprint density at radius 2 is 1.89 bits per heavy atom. The molecule has 0 bridgehead atoms. The summed E-state index contributed by atoms with van der Waals surface area (Å²) < 4.78 is 10.9. The Bertz CT molecular complexity index is 437. The number of pyridine rings is 1. The van der Waals surface area contributed by atoms with Crippen LogP contribution in [-0.4, -0.2) is 30.6 Å². The topological polar surface area (TPSA) is 48.4 Å². The van der Waals surface area contributed by atoms with Crippen LogP contribution in [-0.2, 0) is 4.74 Å². The van der Waals surface area contributed by atoms with Crippen molar-refractivity contribution in [2.24, 2.45) is 0 Å². The standard InChI is InChI=1S/C15H21NO3/c1-18-12-8-7-11-16-13(12)14(17)15(19-2)9-5-3-4-6-10-15/h7-8,11H,3-6,9-10H2,1-2H3. The molecule has 1 heterocycles. The van der Waals surface area contributed by atoms with E-state index < -0.39 is 5.60 Å². The summed E-state index contributed by atoms with van der Waals surface area (Å²) in [6.07, 6.45) is 7.53. The van der Waals surface area contributed by atoms with E-state index in [-0.39, 0.29) is 5.78 Å². The number of nitrogens with zero attached hydrogens (tertiary/aromatic N) is 1. The molecule has 0 radical (unpaired) electrons. The van der Waals surface area contributed by atoms with Gasteiger partial charge in [-0.2, -0.15) is 0 Å². The van der Waals surface area contributed by atoms with Gasteiger partial charge in [-0.3, -0.25) is 4.79 Å². The van der Waals surface area contributed by atoms with E-state index >= 15 is 0 Å². The lowest BCUT2D eigenvalue weighted by Crippen LogP contribution is -2.41. The SMILES string of the molecule is COc1cccnc1C(=O)C1(OC)CCCCCC1. The number of Topliss-reactive ketones (excluding diaryl/α,β-unsaturated/α-hetero) is 1. The smallest absolute Gasteiger partial charge is 0.216 e. The van der Waals surface area contributed by atoms with Crippen molar-refractivity contribution < 1.29 is 14.3 Å². The van der Waals surface area contributed by atoms with E-state index in [0.717, 1.165) is 38.5 Å². The fraction of sp³-hybridized carbons (Fsp3) is 0.600. The zero-order valence-electron chi connectivity index (χ0n) is 11.6. The van der Waals surface area contributed by atoms with Crippen LogP contribution in [0.2, 0.25) is 0 Å². The molecule has 0 aliphatic heterocycles. The summed E-state index contributed by atoms with van der Waals surface area (Å²) in [6.45, 7) is 0. The molecule has 0 N–H and O–H groups in total. The first-order valence-electron chi connectivity index (χ1n) is 6.82. The van der Waals surface area contributed by atoms with Crippen molar-refractivity contribution in [3.8, 4) is 5.75 Å². The Morgan fingerprint density at radius 1 is 1.21 bits per heavy atom. The van der Waals surface area contributed by atoms with Gasteiger partial charge in [0, 0.05) is 13.3 Å². The van der Waals surface area contributed by atoms with Crippen molar-refractivity contribution in [3.05, 3.63) is 24.0 Å². The summed E-state index contributed by atoms with van der Waals surface area (Å²) in [5.41, 5.74) is -0.341. The van der Waals surface area contributed by atoms with E-state index in [1.165, 1.54) is 0 Å². The van der Waals surface area contributed by atoms with E-state index in [1.807, 2.05) is 0 Å². The van der Waals surface area contributed by atoms with E-state index in [4.69, 9.17) is 9.47 Å². The van der Waals surface area contributed by atoms with Crippen LogP contribution < -0.4 is 4.74 Å². The zero-order valence-corrected chi connectivity index (χ0v) is 11.6. The van der Waals surface area contributed by atoms with Crippen LogP contribution >= 0.6 is 0 Å². The fourth-order valence-corrected chi connectivity index (χ4v) is 2.77. The molecule has 0 amide bonds. The molecule has 4 heteroatoms. The third-order valence-corrected chi connectivity index (χ3v) is 3.92. The average Bonchev–Trinajstić information content (AvgIpc) is 2.72. The van der Waals surface area contributed by atoms with E-state index in [2.05, 4.69) is 4.98 Å². The summed E-state index contributed by atoms with van der Waals surface area (Å²) in [5.74, 6) is 0.475. The Labute approximate surface area is 114 Å². The Kier molecular flexibility index (Phi) is 4.53. The van der Waals surface area contributed by atoms with E-state index in [9.17, 15) is 4.79 Å². The first-order valence-corrected chi connectivity index (χ1v) is 6.82. The molecule has 0 unspecified atom stereocenters. The lowest BCUT2D eigenvalue weighted by molar-refractivity contribution is -0.00752. The molecule has 104 valence electrons. The highest BCUT2D eigenvalue weighted by Crippen LogP contribution is 2.34. The third kappa shape index (κ3) is 2.78. The second-order valence-corrected chi connectivity index (χ2v) is 5.00. The maximum atomic E-state index is 12.8. The Balaban J connectivity index is 2.34. The summed E-state index contributed by atoms with van der Waals surface area (Å²) in [5, 5.41) is 0. The lowest BCUT2D eigenvalue weighted by atomic mass is 9.87. The zero-order chi connectivity index (χ0) is 13.7. The van der Waals surface area contributed by atoms with Gasteiger partial charge in [-0.15, -0.1) is 0 Å². The second kappa shape index (κ2) is 6.15. The number of ether oxygens (including phenoxy) is 2. The number of carbonyl (C=O) groups is 1. The first-order chi connectivity index (χ1) is 9.23. The number of aromatic nitrogens is 1. The normalized spacial score (nSPS) is 18.6. The quantitative estimate of drug-likeness (QED) is 0.619. The van der Waals surface area contributed by atoms with Crippen molar-refractivity contribution in [3.63, 3.8) is 0 Å². The highest BCUT2D eigenvalue weighted by atomic mass is 16.5. The number of carbonyl (C=O) groups excluding carboxylic acids is 1. The number of methoxy groups -OCH3 is 2. The second-order valence-electron chi connectivity index (χ2n) is 5.00. The highest BCUT2D eigenvalue weighted by Gasteiger charge is 2.40. The van der Waals surface area contributed by atoms with Crippen molar-refractivity contribution in [1.82, 2.24) is 4.98 Å². The molecule has 2 rings (SSSR count). The summed E-state index contributed by atoms with van der Waals surface area (Å²) in [4.78, 5) is 17.0. The Morgan fingerprint density at radius 3 is 2.47 bits per heavy atom. The molecule has 1 saturated carbocycles. The van der Waals surface area contributed by atoms with Gasteiger partial charge in [0.05, 0.1) is 7.11 Å². The molecule has 1 fully saturated rings. The van der Waals surface area contributed by atoms with Crippen LogP contribution in [0.4, 0.5) is 0 Å². The van der Waals surface area contributed by atoms with Gasteiger partial charge in [-0.05, 0) is 25.0 Å². The van der Waals surface area contributed by atoms with E-state index in [1.54, 1.807) is 32.5 Å². The minimum atomic E-state index is -0.724. The van der Waals surface area contributed by atoms with Crippen LogP contribution in [0.15, 0.2) is 18.3 Å². The molecule has 0 saturated heterocycles. The number of rotatable bonds is 4. The van der Waals surface area contributed by atoms with Crippen LogP contribution in [0.3, 0.4) is 0 Å². The molecule has 1 aromatic rings. The molecule has 1 aliphatic rings. The number of hydrogen-bond donors (Lipinski definition) is 0. The maximum Gasteiger partial charge on any atom is 0.216 e. The molecule has 19 heavy (non-hydrogen) atoms. The van der Waals surface area contributed by atoms with Crippen molar-refractivity contribution >= 4 is 5.78 Å². The van der Waals surface area contributed by atoms with Crippen molar-refractivity contribution in [2.45, 2.75) is 44.1 Å². The molecule has 1 aromatic heterocycles. The van der Waals surface area contributed by atoms with Crippen LogP contribution in [0.1, 0.15) is 49.0 Å². The van der Waals surface area contributed by atoms with E-state index in [0.29, 0.717) is 11.4 Å². The van der Waals surface area contributed by atoms with Gasteiger partial charge in [0.2, 0.25) is 5.78 Å². The molecular formula is C15H21NO3. The Hall–Kier alpha value is -1.42. The monoisotopic (exact) mass is 263 g/mol. The van der Waals surface area contributed by atoms with Crippen molar-refractivity contribution in [1.29, 1.82) is 0 Å². The van der Waals surface area contributed by atoms with Crippen molar-refractivity contribution in [2.75, 3.05) is 14.2 Å². The third-order valence-electron chi connectivity index (χ3n) is 3.92. The molecular weight excluding hydrogens is 242 g/mol. The number of hydrogen-bond acceptors (Lipinski definition) is 4. The number of ketones is 1. The van der Waals surface area contributed by atoms with Crippen LogP contribution in [0, 0.1) is 0 Å². The lowest BCUT2D eigenvalue weighted by Gasteiger charge is -2.29. The van der Waals surface area contributed by atoms with Crippen LogP contribution in [0.5, 0.6) is 5.75 Å². The molecule has 0 spiro atoms.